The number of methoxy groups -OCH3 is 1. The summed E-state index contributed by atoms with van der Waals surface area (Å²) in [4.78, 5) is 23.6. The van der Waals surface area contributed by atoms with Crippen molar-refractivity contribution in [1.29, 1.82) is 0 Å². The number of ether oxygens (including phenoxy) is 2. The summed E-state index contributed by atoms with van der Waals surface area (Å²) < 4.78 is 9.68. The largest absolute Gasteiger partial charge is 0.469 e. The maximum absolute atomic E-state index is 12.2. The minimum atomic E-state index is -1.92. The van der Waals surface area contributed by atoms with Gasteiger partial charge >= 0.3 is 11.9 Å². The molecule has 0 aliphatic rings. The summed E-state index contributed by atoms with van der Waals surface area (Å²) in [6.45, 7) is 3.72. The van der Waals surface area contributed by atoms with Crippen molar-refractivity contribution in [1.82, 2.24) is 0 Å². The molecular formula is C17H22O5. The van der Waals surface area contributed by atoms with Crippen LogP contribution in [0.25, 0.3) is 0 Å². The van der Waals surface area contributed by atoms with Crippen LogP contribution in [-0.2, 0) is 25.7 Å². The Balaban J connectivity index is 2.78. The number of esters is 2. The van der Waals surface area contributed by atoms with E-state index >= 15 is 0 Å². The number of carbonyl (C=O) groups excluding carboxylic acids is 2. The molecular weight excluding hydrogens is 284 g/mol. The van der Waals surface area contributed by atoms with Crippen molar-refractivity contribution < 1.29 is 24.2 Å². The highest BCUT2D eigenvalue weighted by molar-refractivity contribution is 5.85. The summed E-state index contributed by atoms with van der Waals surface area (Å²) in [6, 6.07) is 9.12. The number of benzene rings is 1. The first-order valence-corrected chi connectivity index (χ1v) is 7.01. The van der Waals surface area contributed by atoms with Gasteiger partial charge in [0, 0.05) is 6.42 Å². The summed E-state index contributed by atoms with van der Waals surface area (Å²) in [5.74, 6) is -1.50. The molecule has 0 aromatic heterocycles. The van der Waals surface area contributed by atoms with Crippen LogP contribution in [0.2, 0.25) is 0 Å². The Morgan fingerprint density at radius 2 is 1.86 bits per heavy atom. The van der Waals surface area contributed by atoms with Gasteiger partial charge < -0.3 is 14.6 Å². The summed E-state index contributed by atoms with van der Waals surface area (Å²) in [7, 11) is 1.21. The van der Waals surface area contributed by atoms with Gasteiger partial charge in [0.1, 0.15) is 6.61 Å². The van der Waals surface area contributed by atoms with Crippen molar-refractivity contribution in [3.8, 4) is 0 Å². The van der Waals surface area contributed by atoms with Crippen molar-refractivity contribution in [3.63, 3.8) is 0 Å². The third kappa shape index (κ3) is 5.69. The van der Waals surface area contributed by atoms with E-state index in [-0.39, 0.29) is 13.0 Å². The smallest absolute Gasteiger partial charge is 0.339 e. The predicted octanol–water partition coefficient (Wildman–Crippen LogP) is 2.38. The molecule has 1 aromatic rings. The van der Waals surface area contributed by atoms with Gasteiger partial charge in [-0.25, -0.2) is 4.79 Å². The number of allylic oxidation sites excluding steroid dienone is 1. The Morgan fingerprint density at radius 3 is 2.41 bits per heavy atom. The topological polar surface area (TPSA) is 72.8 Å². The van der Waals surface area contributed by atoms with Crippen molar-refractivity contribution >= 4 is 11.9 Å². The lowest BCUT2D eigenvalue weighted by atomic mass is 9.94. The van der Waals surface area contributed by atoms with E-state index in [9.17, 15) is 14.7 Å². The molecule has 1 unspecified atom stereocenters. The molecule has 0 saturated carbocycles. The third-order valence-electron chi connectivity index (χ3n) is 3.11. The fourth-order valence-electron chi connectivity index (χ4n) is 1.77. The van der Waals surface area contributed by atoms with E-state index in [0.29, 0.717) is 0 Å². The quantitative estimate of drug-likeness (QED) is 0.618. The van der Waals surface area contributed by atoms with E-state index in [4.69, 9.17) is 4.74 Å². The van der Waals surface area contributed by atoms with Gasteiger partial charge in [0.2, 0.25) is 0 Å². The molecule has 120 valence electrons. The molecule has 5 heteroatoms. The Morgan fingerprint density at radius 1 is 1.23 bits per heavy atom. The molecule has 1 atom stereocenters. The first kappa shape index (κ1) is 17.9. The van der Waals surface area contributed by atoms with E-state index in [2.05, 4.69) is 4.74 Å². The van der Waals surface area contributed by atoms with Gasteiger partial charge in [0.05, 0.1) is 13.5 Å². The molecule has 0 saturated heterocycles. The van der Waals surface area contributed by atoms with E-state index in [1.54, 1.807) is 6.08 Å². The normalized spacial score (nSPS) is 12.9. The Labute approximate surface area is 130 Å². The molecule has 0 heterocycles. The van der Waals surface area contributed by atoms with Crippen LogP contribution in [0.3, 0.4) is 0 Å². The van der Waals surface area contributed by atoms with Crippen LogP contribution < -0.4 is 0 Å². The second-order valence-electron chi connectivity index (χ2n) is 5.33. The molecule has 5 nitrogen and oxygen atoms in total. The van der Waals surface area contributed by atoms with Gasteiger partial charge in [0.25, 0.3) is 0 Å². The molecule has 0 radical (unpaired) electrons. The Bertz CT molecular complexity index is 531. The van der Waals surface area contributed by atoms with Gasteiger partial charge in [-0.2, -0.15) is 0 Å². The maximum atomic E-state index is 12.2. The van der Waals surface area contributed by atoms with E-state index in [1.165, 1.54) is 7.11 Å². The number of hydrogen-bond donors (Lipinski definition) is 1. The highest BCUT2D eigenvalue weighted by Gasteiger charge is 2.39. The average Bonchev–Trinajstić information content (AvgIpc) is 2.51. The third-order valence-corrected chi connectivity index (χ3v) is 3.11. The van der Waals surface area contributed by atoms with Gasteiger partial charge in [-0.05, 0) is 19.4 Å². The molecule has 1 N–H and O–H groups in total. The number of hydrogen-bond acceptors (Lipinski definition) is 5. The van der Waals surface area contributed by atoms with Crippen LogP contribution in [0.1, 0.15) is 32.3 Å². The number of carbonyl (C=O) groups is 2. The highest BCUT2D eigenvalue weighted by Crippen LogP contribution is 2.21. The van der Waals surface area contributed by atoms with Crippen molar-refractivity contribution in [2.75, 3.05) is 7.11 Å². The summed E-state index contributed by atoms with van der Waals surface area (Å²) in [5.41, 5.74) is -0.184. The second-order valence-corrected chi connectivity index (χ2v) is 5.33. The number of rotatable bonds is 7. The molecule has 0 spiro atoms. The van der Waals surface area contributed by atoms with Crippen LogP contribution >= 0.6 is 0 Å². The molecule has 22 heavy (non-hydrogen) atoms. The minimum Gasteiger partial charge on any atom is -0.469 e. The zero-order valence-electron chi connectivity index (χ0n) is 13.2. The van der Waals surface area contributed by atoms with Crippen molar-refractivity contribution in [2.24, 2.45) is 0 Å². The highest BCUT2D eigenvalue weighted by atomic mass is 16.6. The van der Waals surface area contributed by atoms with Gasteiger partial charge in [0.15, 0.2) is 5.60 Å². The van der Waals surface area contributed by atoms with E-state index in [1.807, 2.05) is 44.2 Å². The van der Waals surface area contributed by atoms with Crippen LogP contribution in [0, 0.1) is 0 Å². The fourth-order valence-corrected chi connectivity index (χ4v) is 1.77. The zero-order valence-corrected chi connectivity index (χ0v) is 13.2. The van der Waals surface area contributed by atoms with Gasteiger partial charge in [-0.15, -0.1) is 0 Å². The SMILES string of the molecule is COC(=O)CC(O)(CC=C(C)C)C(=O)OCc1ccccc1. The van der Waals surface area contributed by atoms with E-state index < -0.39 is 24.0 Å². The van der Waals surface area contributed by atoms with Gasteiger partial charge in [-0.3, -0.25) is 4.79 Å². The monoisotopic (exact) mass is 306 g/mol. The Kier molecular flexibility index (Phi) is 6.79. The van der Waals surface area contributed by atoms with Crippen molar-refractivity contribution in [2.45, 2.75) is 38.9 Å². The first-order chi connectivity index (χ1) is 10.4. The van der Waals surface area contributed by atoms with Gasteiger partial charge in [-0.1, -0.05) is 42.0 Å². The Hall–Kier alpha value is -2.14. The average molecular weight is 306 g/mol. The molecule has 0 amide bonds. The molecule has 0 aliphatic heterocycles. The van der Waals surface area contributed by atoms with E-state index in [0.717, 1.165) is 11.1 Å². The molecule has 1 rings (SSSR count). The lowest BCUT2D eigenvalue weighted by Crippen LogP contribution is -2.42. The van der Waals surface area contributed by atoms with Crippen LogP contribution in [0.4, 0.5) is 0 Å². The summed E-state index contributed by atoms with van der Waals surface area (Å²) in [6.07, 6.45) is 1.24. The van der Waals surface area contributed by atoms with Crippen LogP contribution in [-0.4, -0.2) is 29.8 Å². The second kappa shape index (κ2) is 8.34. The summed E-state index contributed by atoms with van der Waals surface area (Å²) in [5, 5.41) is 10.5. The predicted molar refractivity (Wildman–Crippen MR) is 81.9 cm³/mol. The molecule has 0 aliphatic carbocycles. The zero-order chi connectivity index (χ0) is 16.6. The molecule has 0 fully saturated rings. The minimum absolute atomic E-state index is 0.00193. The first-order valence-electron chi connectivity index (χ1n) is 7.01. The molecule has 0 bridgehead atoms. The lowest BCUT2D eigenvalue weighted by Gasteiger charge is -2.23. The lowest BCUT2D eigenvalue weighted by molar-refractivity contribution is -0.172. The standard InChI is InChI=1S/C17H22O5/c1-13(2)9-10-17(20,11-15(18)21-3)16(19)22-12-14-7-5-4-6-8-14/h4-9,20H,10-12H2,1-3H3. The fraction of sp³-hybridized carbons (Fsp3) is 0.412. The number of aliphatic hydroxyl groups is 1. The van der Waals surface area contributed by atoms with Crippen LogP contribution in [0.5, 0.6) is 0 Å². The van der Waals surface area contributed by atoms with Crippen LogP contribution in [0.15, 0.2) is 42.0 Å². The van der Waals surface area contributed by atoms with Crippen molar-refractivity contribution in [3.05, 3.63) is 47.5 Å². The maximum Gasteiger partial charge on any atom is 0.339 e. The summed E-state index contributed by atoms with van der Waals surface area (Å²) >= 11 is 0. The molecule has 1 aromatic carbocycles.